The lowest BCUT2D eigenvalue weighted by molar-refractivity contribution is -0.119. The Kier molecular flexibility index (Phi) is 4.80. The molecule has 0 fully saturated rings. The van der Waals surface area contributed by atoms with Crippen molar-refractivity contribution >= 4 is 39.3 Å². The Morgan fingerprint density at radius 3 is 2.38 bits per heavy atom. The van der Waals surface area contributed by atoms with Gasteiger partial charge in [-0.05, 0) is 37.3 Å². The molecule has 29 heavy (non-hydrogen) atoms. The monoisotopic (exact) mass is 387 g/mol. The fraction of sp³-hybridized carbons (Fsp3) is 0.167. The molecule has 5 nitrogen and oxygen atoms in total. The van der Waals surface area contributed by atoms with E-state index in [1.54, 1.807) is 0 Å². The number of hydrogen-bond acceptors (Lipinski definition) is 4. The van der Waals surface area contributed by atoms with Gasteiger partial charge < -0.3 is 14.5 Å². The van der Waals surface area contributed by atoms with Crippen molar-refractivity contribution in [3.63, 3.8) is 0 Å². The average Bonchev–Trinajstić information content (AvgIpc) is 3.06. The number of rotatable bonds is 4. The van der Waals surface area contributed by atoms with Gasteiger partial charge in [0.25, 0.3) is 5.91 Å². The van der Waals surface area contributed by atoms with Crippen LogP contribution in [0.4, 0.5) is 5.69 Å². The molecule has 0 spiro atoms. The highest BCUT2D eigenvalue weighted by Crippen LogP contribution is 2.32. The number of hydrogen-bond donors (Lipinski definition) is 1. The molecule has 1 heterocycles. The van der Waals surface area contributed by atoms with E-state index < -0.39 is 11.9 Å². The number of benzene rings is 3. The smallest absolute Gasteiger partial charge is 0.375 e. The molecule has 4 rings (SSSR count). The molecule has 1 aromatic heterocycles. The summed E-state index contributed by atoms with van der Waals surface area (Å²) in [5.41, 5.74) is 3.98. The molecular weight excluding hydrogens is 366 g/mol. The SMILES string of the molecule is Cc1cccc(C)c1NC(=O)COC(=O)c1oc2c(ccc3ccccc32)c1C. The molecule has 0 aliphatic rings. The summed E-state index contributed by atoms with van der Waals surface area (Å²) in [7, 11) is 0. The highest BCUT2D eigenvalue weighted by molar-refractivity contribution is 6.08. The van der Waals surface area contributed by atoms with Gasteiger partial charge in [0.15, 0.2) is 6.61 Å². The molecule has 1 amide bonds. The fourth-order valence-electron chi connectivity index (χ4n) is 3.53. The third-order valence-electron chi connectivity index (χ3n) is 5.09. The van der Waals surface area contributed by atoms with Gasteiger partial charge in [0.2, 0.25) is 5.76 Å². The van der Waals surface area contributed by atoms with E-state index in [4.69, 9.17) is 9.15 Å². The first-order valence-corrected chi connectivity index (χ1v) is 9.39. The summed E-state index contributed by atoms with van der Waals surface area (Å²) in [5, 5.41) is 5.62. The predicted molar refractivity (Wildman–Crippen MR) is 113 cm³/mol. The van der Waals surface area contributed by atoms with E-state index in [2.05, 4.69) is 5.32 Å². The fourth-order valence-corrected chi connectivity index (χ4v) is 3.53. The van der Waals surface area contributed by atoms with Gasteiger partial charge in [-0.2, -0.15) is 0 Å². The first-order chi connectivity index (χ1) is 14.0. The van der Waals surface area contributed by atoms with Crippen molar-refractivity contribution in [1.29, 1.82) is 0 Å². The Balaban J connectivity index is 1.53. The molecule has 4 aromatic rings. The normalized spacial score (nSPS) is 11.0. The molecule has 0 saturated carbocycles. The quantitative estimate of drug-likeness (QED) is 0.482. The number of nitrogens with one attached hydrogen (secondary N) is 1. The van der Waals surface area contributed by atoms with Crippen LogP contribution >= 0.6 is 0 Å². The van der Waals surface area contributed by atoms with Crippen LogP contribution in [0.1, 0.15) is 27.2 Å². The lowest BCUT2D eigenvalue weighted by Crippen LogP contribution is -2.22. The van der Waals surface area contributed by atoms with E-state index in [1.165, 1.54) is 0 Å². The van der Waals surface area contributed by atoms with Crippen LogP contribution in [0.25, 0.3) is 21.7 Å². The second-order valence-corrected chi connectivity index (χ2v) is 7.11. The van der Waals surface area contributed by atoms with Crippen molar-refractivity contribution in [2.24, 2.45) is 0 Å². The molecule has 0 saturated heterocycles. The largest absolute Gasteiger partial charge is 0.450 e. The second-order valence-electron chi connectivity index (χ2n) is 7.11. The minimum atomic E-state index is -0.653. The van der Waals surface area contributed by atoms with Crippen LogP contribution in [0, 0.1) is 20.8 Å². The maximum absolute atomic E-state index is 12.6. The highest BCUT2D eigenvalue weighted by atomic mass is 16.5. The van der Waals surface area contributed by atoms with Crippen molar-refractivity contribution < 1.29 is 18.7 Å². The van der Waals surface area contributed by atoms with Gasteiger partial charge in [-0.15, -0.1) is 0 Å². The van der Waals surface area contributed by atoms with Crippen molar-refractivity contribution in [1.82, 2.24) is 0 Å². The average molecular weight is 387 g/mol. The molecule has 0 aliphatic heterocycles. The number of ether oxygens (including phenoxy) is 1. The van der Waals surface area contributed by atoms with Crippen LogP contribution in [0.5, 0.6) is 0 Å². The van der Waals surface area contributed by atoms with Gasteiger partial charge >= 0.3 is 5.97 Å². The van der Waals surface area contributed by atoms with Crippen molar-refractivity contribution in [2.75, 3.05) is 11.9 Å². The molecular formula is C24H21NO4. The van der Waals surface area contributed by atoms with Crippen molar-refractivity contribution in [3.05, 3.63) is 77.0 Å². The number of carbonyl (C=O) groups is 2. The molecule has 0 aliphatic carbocycles. The second kappa shape index (κ2) is 7.43. The maximum atomic E-state index is 12.6. The predicted octanol–water partition coefficient (Wildman–Crippen LogP) is 5.31. The third kappa shape index (κ3) is 3.47. The number of anilines is 1. The molecule has 0 radical (unpaired) electrons. The summed E-state index contributed by atoms with van der Waals surface area (Å²) in [4.78, 5) is 24.8. The standard InChI is InChI=1S/C24H21NO4/c1-14-7-6-8-15(2)21(14)25-20(26)13-28-24(27)22-16(3)18-12-11-17-9-4-5-10-19(17)23(18)29-22/h4-12H,13H2,1-3H3,(H,25,26). The Labute approximate surface area is 168 Å². The van der Waals surface area contributed by atoms with E-state index >= 15 is 0 Å². The lowest BCUT2D eigenvalue weighted by atomic mass is 10.1. The topological polar surface area (TPSA) is 68.5 Å². The Morgan fingerprint density at radius 2 is 1.62 bits per heavy atom. The molecule has 5 heteroatoms. The summed E-state index contributed by atoms with van der Waals surface area (Å²) in [6, 6.07) is 17.5. The zero-order chi connectivity index (χ0) is 20.5. The van der Waals surface area contributed by atoms with Gasteiger partial charge in [0, 0.05) is 22.0 Å². The van der Waals surface area contributed by atoms with Crippen LogP contribution < -0.4 is 5.32 Å². The molecule has 0 unspecified atom stereocenters. The molecule has 3 aromatic carbocycles. The van der Waals surface area contributed by atoms with Crippen molar-refractivity contribution in [2.45, 2.75) is 20.8 Å². The number of carbonyl (C=O) groups excluding carboxylic acids is 2. The van der Waals surface area contributed by atoms with Crippen LogP contribution in [-0.2, 0) is 9.53 Å². The Morgan fingerprint density at radius 1 is 0.897 bits per heavy atom. The summed E-state index contributed by atoms with van der Waals surface area (Å²) in [6.45, 7) is 5.26. The zero-order valence-corrected chi connectivity index (χ0v) is 16.5. The third-order valence-corrected chi connectivity index (χ3v) is 5.09. The first kappa shape index (κ1) is 18.7. The highest BCUT2D eigenvalue weighted by Gasteiger charge is 2.21. The van der Waals surface area contributed by atoms with Crippen molar-refractivity contribution in [3.8, 4) is 0 Å². The van der Waals surface area contributed by atoms with Crippen LogP contribution in [0.3, 0.4) is 0 Å². The van der Waals surface area contributed by atoms with Gasteiger partial charge in [0.1, 0.15) is 5.58 Å². The molecule has 1 N–H and O–H groups in total. The summed E-state index contributed by atoms with van der Waals surface area (Å²) >= 11 is 0. The van der Waals surface area contributed by atoms with E-state index in [-0.39, 0.29) is 12.4 Å². The number of aryl methyl sites for hydroxylation is 3. The number of amides is 1. The van der Waals surface area contributed by atoms with E-state index in [0.29, 0.717) is 11.1 Å². The Bertz CT molecular complexity index is 1230. The number of fused-ring (bicyclic) bond motifs is 3. The number of furan rings is 1. The summed E-state index contributed by atoms with van der Waals surface area (Å²) in [5.74, 6) is -0.925. The van der Waals surface area contributed by atoms with Gasteiger partial charge in [-0.1, -0.05) is 54.6 Å². The summed E-state index contributed by atoms with van der Waals surface area (Å²) in [6.07, 6.45) is 0. The van der Waals surface area contributed by atoms with E-state index in [0.717, 1.165) is 33.0 Å². The number of esters is 1. The number of para-hydroxylation sites is 1. The van der Waals surface area contributed by atoms with E-state index in [1.807, 2.05) is 75.4 Å². The molecule has 0 atom stereocenters. The minimum Gasteiger partial charge on any atom is -0.450 e. The maximum Gasteiger partial charge on any atom is 0.375 e. The molecule has 146 valence electrons. The van der Waals surface area contributed by atoms with E-state index in [9.17, 15) is 9.59 Å². The minimum absolute atomic E-state index is 0.122. The van der Waals surface area contributed by atoms with Gasteiger partial charge in [-0.3, -0.25) is 4.79 Å². The lowest BCUT2D eigenvalue weighted by Gasteiger charge is -2.11. The van der Waals surface area contributed by atoms with Crippen LogP contribution in [-0.4, -0.2) is 18.5 Å². The molecule has 0 bridgehead atoms. The van der Waals surface area contributed by atoms with Crippen LogP contribution in [0.2, 0.25) is 0 Å². The summed E-state index contributed by atoms with van der Waals surface area (Å²) < 4.78 is 11.1. The van der Waals surface area contributed by atoms with Crippen LogP contribution in [0.15, 0.2) is 59.0 Å². The van der Waals surface area contributed by atoms with Gasteiger partial charge in [-0.25, -0.2) is 4.79 Å². The van der Waals surface area contributed by atoms with Gasteiger partial charge in [0.05, 0.1) is 0 Å². The Hall–Kier alpha value is -3.60. The zero-order valence-electron chi connectivity index (χ0n) is 16.5. The first-order valence-electron chi connectivity index (χ1n) is 9.39.